The molecular formula is C17H22N2O2. The maximum Gasteiger partial charge on any atom is 0.310 e. The molecule has 0 spiro atoms. The number of carboxylic acids is 1. The van der Waals surface area contributed by atoms with Crippen molar-refractivity contribution in [2.45, 2.75) is 39.2 Å². The van der Waals surface area contributed by atoms with E-state index >= 15 is 0 Å². The molecule has 1 aromatic rings. The molecule has 1 heterocycles. The summed E-state index contributed by atoms with van der Waals surface area (Å²) >= 11 is 0. The van der Waals surface area contributed by atoms with Crippen LogP contribution in [0.3, 0.4) is 0 Å². The highest BCUT2D eigenvalue weighted by Gasteiger charge is 2.41. The second-order valence-electron chi connectivity index (χ2n) is 5.92. The fraction of sp³-hybridized carbons (Fsp3) is 0.529. The van der Waals surface area contributed by atoms with Crippen LogP contribution in [-0.2, 0) is 11.3 Å². The minimum Gasteiger partial charge on any atom is -0.481 e. The molecule has 0 aromatic heterocycles. The zero-order valence-corrected chi connectivity index (χ0v) is 12.5. The second-order valence-corrected chi connectivity index (χ2v) is 5.92. The summed E-state index contributed by atoms with van der Waals surface area (Å²) in [5.41, 5.74) is 1.05. The van der Waals surface area contributed by atoms with Crippen molar-refractivity contribution >= 4 is 5.97 Å². The summed E-state index contributed by atoms with van der Waals surface area (Å²) in [5, 5.41) is 18.8. The lowest BCUT2D eigenvalue weighted by Gasteiger charge is -2.40. The summed E-state index contributed by atoms with van der Waals surface area (Å²) in [5.74, 6) is -0.678. The van der Waals surface area contributed by atoms with E-state index < -0.39 is 11.4 Å². The van der Waals surface area contributed by atoms with E-state index in [1.54, 1.807) is 0 Å². The van der Waals surface area contributed by atoms with Gasteiger partial charge in [0, 0.05) is 13.1 Å². The second kappa shape index (κ2) is 6.73. The van der Waals surface area contributed by atoms with Crippen molar-refractivity contribution in [3.05, 3.63) is 35.4 Å². The van der Waals surface area contributed by atoms with Gasteiger partial charge in [-0.2, -0.15) is 5.26 Å². The standard InChI is InChI=1S/C17H22N2O2/c1-2-8-17(16(20)21)9-5-10-19(13-17)12-15-7-4-3-6-14(15)11-18/h3-4,6-7H,2,5,8-10,12-13H2,1H3,(H,20,21)/t17-/m1/s1. The van der Waals surface area contributed by atoms with Crippen LogP contribution in [0.2, 0.25) is 0 Å². The quantitative estimate of drug-likeness (QED) is 0.903. The molecule has 0 aliphatic carbocycles. The minimum absolute atomic E-state index is 0.579. The van der Waals surface area contributed by atoms with Gasteiger partial charge in [-0.1, -0.05) is 31.5 Å². The van der Waals surface area contributed by atoms with Crippen molar-refractivity contribution in [3.8, 4) is 6.07 Å². The highest BCUT2D eigenvalue weighted by atomic mass is 16.4. The maximum absolute atomic E-state index is 11.7. The lowest BCUT2D eigenvalue weighted by Crippen LogP contribution is -2.47. The number of carboxylic acid groups (broad SMARTS) is 1. The van der Waals surface area contributed by atoms with Crippen molar-refractivity contribution in [1.82, 2.24) is 4.90 Å². The van der Waals surface area contributed by atoms with Gasteiger partial charge in [-0.25, -0.2) is 0 Å². The third-order valence-corrected chi connectivity index (χ3v) is 4.37. The summed E-state index contributed by atoms with van der Waals surface area (Å²) in [6.45, 7) is 4.17. The van der Waals surface area contributed by atoms with Crippen LogP contribution in [0.4, 0.5) is 0 Å². The Labute approximate surface area is 126 Å². The van der Waals surface area contributed by atoms with E-state index in [1.165, 1.54) is 0 Å². The molecule has 1 aromatic carbocycles. The van der Waals surface area contributed by atoms with Crippen LogP contribution in [0.1, 0.15) is 43.7 Å². The van der Waals surface area contributed by atoms with Gasteiger partial charge in [0.1, 0.15) is 0 Å². The highest BCUT2D eigenvalue weighted by Crippen LogP contribution is 2.35. The van der Waals surface area contributed by atoms with Gasteiger partial charge >= 0.3 is 5.97 Å². The molecule has 1 fully saturated rings. The third kappa shape index (κ3) is 3.43. The zero-order chi connectivity index (χ0) is 15.3. The predicted octanol–water partition coefficient (Wildman–Crippen LogP) is 3.03. The number of likely N-dealkylation sites (tertiary alicyclic amines) is 1. The Bertz CT molecular complexity index is 546. The Kier molecular flexibility index (Phi) is 4.98. The zero-order valence-electron chi connectivity index (χ0n) is 12.5. The molecule has 1 aliphatic heterocycles. The molecule has 1 atom stereocenters. The largest absolute Gasteiger partial charge is 0.481 e. The van der Waals surface area contributed by atoms with Crippen LogP contribution in [0.15, 0.2) is 24.3 Å². The Morgan fingerprint density at radius 3 is 2.90 bits per heavy atom. The van der Waals surface area contributed by atoms with Crippen LogP contribution < -0.4 is 0 Å². The Hall–Kier alpha value is -1.86. The van der Waals surface area contributed by atoms with Gasteiger partial charge < -0.3 is 5.11 Å². The molecule has 0 bridgehead atoms. The normalized spacial score (nSPS) is 22.7. The maximum atomic E-state index is 11.7. The third-order valence-electron chi connectivity index (χ3n) is 4.37. The molecular weight excluding hydrogens is 264 g/mol. The smallest absolute Gasteiger partial charge is 0.310 e. The summed E-state index contributed by atoms with van der Waals surface area (Å²) in [6.07, 6.45) is 3.27. The lowest BCUT2D eigenvalue weighted by molar-refractivity contribution is -0.153. The van der Waals surface area contributed by atoms with E-state index in [9.17, 15) is 9.90 Å². The number of hydrogen-bond donors (Lipinski definition) is 1. The molecule has 1 saturated heterocycles. The number of nitriles is 1. The Morgan fingerprint density at radius 1 is 1.48 bits per heavy atom. The van der Waals surface area contributed by atoms with Crippen LogP contribution in [0.25, 0.3) is 0 Å². The first kappa shape index (κ1) is 15.5. The number of nitrogens with zero attached hydrogens (tertiary/aromatic N) is 2. The van der Waals surface area contributed by atoms with Gasteiger partial charge in [0.25, 0.3) is 0 Å². The van der Waals surface area contributed by atoms with Gasteiger partial charge in [-0.15, -0.1) is 0 Å². The summed E-state index contributed by atoms with van der Waals surface area (Å²) in [6, 6.07) is 9.77. The predicted molar refractivity (Wildman–Crippen MR) is 80.6 cm³/mol. The number of hydrogen-bond acceptors (Lipinski definition) is 3. The number of carbonyl (C=O) groups is 1. The van der Waals surface area contributed by atoms with Gasteiger partial charge in [-0.3, -0.25) is 9.69 Å². The molecule has 4 nitrogen and oxygen atoms in total. The first-order chi connectivity index (χ1) is 10.1. The number of benzene rings is 1. The van der Waals surface area contributed by atoms with Gasteiger partial charge in [-0.05, 0) is 37.4 Å². The molecule has 0 saturated carbocycles. The van der Waals surface area contributed by atoms with Crippen molar-refractivity contribution in [2.24, 2.45) is 5.41 Å². The SMILES string of the molecule is CCC[C@@]1(C(=O)O)CCCN(Cc2ccccc2C#N)C1. The summed E-state index contributed by atoms with van der Waals surface area (Å²) in [4.78, 5) is 13.9. The Balaban J connectivity index is 2.14. The monoisotopic (exact) mass is 286 g/mol. The number of aliphatic carboxylic acids is 1. The molecule has 0 amide bonds. The molecule has 4 heteroatoms. The minimum atomic E-state index is -0.678. The average Bonchev–Trinajstić information content (AvgIpc) is 2.48. The average molecular weight is 286 g/mol. The fourth-order valence-electron chi connectivity index (χ4n) is 3.33. The summed E-state index contributed by atoms with van der Waals surface area (Å²) < 4.78 is 0. The molecule has 0 unspecified atom stereocenters. The van der Waals surface area contributed by atoms with Crippen molar-refractivity contribution in [1.29, 1.82) is 5.26 Å². The molecule has 0 radical (unpaired) electrons. The first-order valence-corrected chi connectivity index (χ1v) is 7.55. The fourth-order valence-corrected chi connectivity index (χ4v) is 3.33. The van der Waals surface area contributed by atoms with E-state index in [-0.39, 0.29) is 0 Å². The first-order valence-electron chi connectivity index (χ1n) is 7.55. The molecule has 1 aliphatic rings. The van der Waals surface area contributed by atoms with E-state index in [1.807, 2.05) is 31.2 Å². The van der Waals surface area contributed by atoms with Gasteiger partial charge in [0.05, 0.1) is 17.0 Å². The van der Waals surface area contributed by atoms with Gasteiger partial charge in [0.2, 0.25) is 0 Å². The van der Waals surface area contributed by atoms with Crippen LogP contribution >= 0.6 is 0 Å². The van der Waals surface area contributed by atoms with Crippen molar-refractivity contribution in [3.63, 3.8) is 0 Å². The Morgan fingerprint density at radius 2 is 2.24 bits per heavy atom. The lowest BCUT2D eigenvalue weighted by atomic mass is 9.76. The van der Waals surface area contributed by atoms with E-state index in [0.717, 1.165) is 37.8 Å². The van der Waals surface area contributed by atoms with Crippen LogP contribution in [0, 0.1) is 16.7 Å². The van der Waals surface area contributed by atoms with E-state index in [2.05, 4.69) is 11.0 Å². The number of piperidine rings is 1. The van der Waals surface area contributed by atoms with Crippen LogP contribution in [-0.4, -0.2) is 29.1 Å². The molecule has 112 valence electrons. The van der Waals surface area contributed by atoms with E-state index in [4.69, 9.17) is 5.26 Å². The topological polar surface area (TPSA) is 64.3 Å². The number of rotatable bonds is 5. The van der Waals surface area contributed by atoms with Crippen molar-refractivity contribution in [2.75, 3.05) is 13.1 Å². The highest BCUT2D eigenvalue weighted by molar-refractivity contribution is 5.75. The van der Waals surface area contributed by atoms with Crippen LogP contribution in [0.5, 0.6) is 0 Å². The van der Waals surface area contributed by atoms with Crippen molar-refractivity contribution < 1.29 is 9.90 Å². The van der Waals surface area contributed by atoms with Gasteiger partial charge in [0.15, 0.2) is 0 Å². The molecule has 1 N–H and O–H groups in total. The molecule has 2 rings (SSSR count). The summed E-state index contributed by atoms with van der Waals surface area (Å²) in [7, 11) is 0. The molecule has 21 heavy (non-hydrogen) atoms. The van der Waals surface area contributed by atoms with E-state index in [0.29, 0.717) is 18.7 Å².